The van der Waals surface area contributed by atoms with Gasteiger partial charge >= 0.3 is 0 Å². The van der Waals surface area contributed by atoms with Crippen LogP contribution in [0, 0.1) is 0 Å². The Kier molecular flexibility index (Phi) is 1.34. The van der Waals surface area contributed by atoms with E-state index in [9.17, 15) is 5.11 Å². The molecule has 0 saturated carbocycles. The highest BCUT2D eigenvalue weighted by atomic mass is 16.3. The van der Waals surface area contributed by atoms with Gasteiger partial charge in [0.05, 0.1) is 0 Å². The number of hydrogen-bond acceptors (Lipinski definition) is 2. The van der Waals surface area contributed by atoms with Gasteiger partial charge in [0, 0.05) is 22.7 Å². The van der Waals surface area contributed by atoms with Crippen molar-refractivity contribution < 1.29 is 5.11 Å². The van der Waals surface area contributed by atoms with Crippen LogP contribution in [0.3, 0.4) is 0 Å². The summed E-state index contributed by atoms with van der Waals surface area (Å²) in [5.41, 5.74) is 2.20. The Morgan fingerprint density at radius 3 is 2.93 bits per heavy atom. The molecule has 0 aromatic heterocycles. The van der Waals surface area contributed by atoms with E-state index in [2.05, 4.69) is 5.32 Å². The molecule has 2 aromatic carbocycles. The Bertz CT molecular complexity index is 543. The van der Waals surface area contributed by atoms with Crippen LogP contribution in [0.15, 0.2) is 36.5 Å². The molecule has 0 spiro atoms. The molecule has 0 aliphatic carbocycles. The van der Waals surface area contributed by atoms with Crippen LogP contribution < -0.4 is 5.32 Å². The fourth-order valence-corrected chi connectivity index (χ4v) is 1.90. The lowest BCUT2D eigenvalue weighted by Gasteiger charge is -2.14. The second-order valence-electron chi connectivity index (χ2n) is 3.38. The normalized spacial score (nSPS) is 12.9. The van der Waals surface area contributed by atoms with E-state index >= 15 is 0 Å². The first-order valence-corrected chi connectivity index (χ1v) is 4.54. The lowest BCUT2D eigenvalue weighted by molar-refractivity contribution is 0.481. The summed E-state index contributed by atoms with van der Waals surface area (Å²) >= 11 is 0. The van der Waals surface area contributed by atoms with E-state index in [4.69, 9.17) is 0 Å². The molecule has 0 unspecified atom stereocenters. The van der Waals surface area contributed by atoms with E-state index in [1.54, 1.807) is 6.07 Å². The van der Waals surface area contributed by atoms with Gasteiger partial charge in [-0.2, -0.15) is 0 Å². The minimum absolute atomic E-state index is 0.336. The van der Waals surface area contributed by atoms with Gasteiger partial charge in [-0.15, -0.1) is 0 Å². The summed E-state index contributed by atoms with van der Waals surface area (Å²) in [5, 5.41) is 14.8. The van der Waals surface area contributed by atoms with Crippen LogP contribution in [-0.2, 0) is 0 Å². The molecule has 3 rings (SSSR count). The van der Waals surface area contributed by atoms with E-state index in [1.807, 2.05) is 36.5 Å². The van der Waals surface area contributed by atoms with Crippen LogP contribution in [0.25, 0.3) is 16.8 Å². The van der Waals surface area contributed by atoms with Crippen LogP contribution in [0.1, 0.15) is 5.56 Å². The number of aromatic hydroxyl groups is 1. The summed E-state index contributed by atoms with van der Waals surface area (Å²) in [6.45, 7) is 0. The zero-order valence-electron chi connectivity index (χ0n) is 7.49. The fraction of sp³-hybridized carbons (Fsp3) is 0. The molecule has 1 aliphatic heterocycles. The zero-order chi connectivity index (χ0) is 9.54. The fourth-order valence-electron chi connectivity index (χ4n) is 1.90. The van der Waals surface area contributed by atoms with E-state index in [1.165, 1.54) is 0 Å². The maximum absolute atomic E-state index is 9.69. The lowest BCUT2D eigenvalue weighted by Crippen LogP contribution is -1.95. The highest BCUT2D eigenvalue weighted by Gasteiger charge is 2.09. The van der Waals surface area contributed by atoms with Crippen molar-refractivity contribution in [3.05, 3.63) is 42.1 Å². The number of rotatable bonds is 0. The molecule has 0 saturated heterocycles. The number of benzene rings is 2. The number of hydrogen-bond donors (Lipinski definition) is 2. The highest BCUT2D eigenvalue weighted by molar-refractivity contribution is 6.04. The van der Waals surface area contributed by atoms with E-state index < -0.39 is 0 Å². The number of phenols is 1. The molecular weight excluding hydrogens is 174 g/mol. The average Bonchev–Trinajstić information content (AvgIpc) is 2.24. The third kappa shape index (κ3) is 0.852. The smallest absolute Gasteiger partial charge is 0.123 e. The summed E-state index contributed by atoms with van der Waals surface area (Å²) in [6.07, 6.45) is 3.92. The van der Waals surface area contributed by atoms with Gasteiger partial charge in [-0.1, -0.05) is 18.2 Å². The second kappa shape index (κ2) is 2.51. The topological polar surface area (TPSA) is 32.3 Å². The van der Waals surface area contributed by atoms with Gasteiger partial charge in [-0.05, 0) is 23.8 Å². The number of phenolic OH excluding ortho intramolecular Hbond substituents is 1. The van der Waals surface area contributed by atoms with Gasteiger partial charge in [-0.25, -0.2) is 0 Å². The van der Waals surface area contributed by atoms with Crippen molar-refractivity contribution in [1.29, 1.82) is 0 Å². The van der Waals surface area contributed by atoms with Crippen molar-refractivity contribution in [2.24, 2.45) is 0 Å². The van der Waals surface area contributed by atoms with Gasteiger partial charge in [0.2, 0.25) is 0 Å². The Labute approximate surface area is 81.5 Å². The quantitative estimate of drug-likeness (QED) is 0.615. The zero-order valence-corrected chi connectivity index (χ0v) is 7.49. The Morgan fingerprint density at radius 2 is 2.00 bits per heavy atom. The molecule has 2 nitrogen and oxygen atoms in total. The molecular formula is C12H9NO. The van der Waals surface area contributed by atoms with E-state index in [0.29, 0.717) is 5.75 Å². The number of anilines is 1. The maximum atomic E-state index is 9.69. The Morgan fingerprint density at radius 1 is 1.07 bits per heavy atom. The van der Waals surface area contributed by atoms with Crippen LogP contribution in [0.5, 0.6) is 5.75 Å². The molecule has 1 heterocycles. The monoisotopic (exact) mass is 183 g/mol. The van der Waals surface area contributed by atoms with Crippen molar-refractivity contribution in [1.82, 2.24) is 0 Å². The minimum Gasteiger partial charge on any atom is -0.507 e. The van der Waals surface area contributed by atoms with Gasteiger partial charge in [0.15, 0.2) is 0 Å². The average molecular weight is 183 g/mol. The molecule has 1 aliphatic rings. The first-order chi connectivity index (χ1) is 6.86. The summed E-state index contributed by atoms with van der Waals surface area (Å²) in [4.78, 5) is 0. The van der Waals surface area contributed by atoms with Crippen molar-refractivity contribution in [3.63, 3.8) is 0 Å². The summed E-state index contributed by atoms with van der Waals surface area (Å²) in [7, 11) is 0. The van der Waals surface area contributed by atoms with E-state index in [0.717, 1.165) is 22.0 Å². The summed E-state index contributed by atoms with van der Waals surface area (Å²) in [6, 6.07) is 9.54. The third-order valence-corrected chi connectivity index (χ3v) is 2.55. The van der Waals surface area contributed by atoms with Gasteiger partial charge in [0.1, 0.15) is 5.75 Å². The molecule has 0 atom stereocenters. The molecule has 2 heteroatoms. The molecule has 0 bridgehead atoms. The summed E-state index contributed by atoms with van der Waals surface area (Å²) < 4.78 is 0. The van der Waals surface area contributed by atoms with Crippen LogP contribution >= 0.6 is 0 Å². The maximum Gasteiger partial charge on any atom is 0.123 e. The summed E-state index contributed by atoms with van der Waals surface area (Å²) in [5.74, 6) is 0.336. The molecule has 68 valence electrons. The first-order valence-electron chi connectivity index (χ1n) is 4.54. The van der Waals surface area contributed by atoms with Crippen LogP contribution in [-0.4, -0.2) is 5.11 Å². The molecule has 0 amide bonds. The Balaban J connectivity index is 2.56. The van der Waals surface area contributed by atoms with Gasteiger partial charge in [0.25, 0.3) is 0 Å². The highest BCUT2D eigenvalue weighted by Crippen LogP contribution is 2.35. The van der Waals surface area contributed by atoms with Gasteiger partial charge in [-0.3, -0.25) is 0 Å². The second-order valence-corrected chi connectivity index (χ2v) is 3.38. The number of nitrogens with one attached hydrogen (secondary N) is 1. The Hall–Kier alpha value is -1.96. The van der Waals surface area contributed by atoms with Crippen molar-refractivity contribution in [2.75, 3.05) is 5.32 Å². The predicted octanol–water partition coefficient (Wildman–Crippen LogP) is 2.94. The minimum atomic E-state index is 0.336. The van der Waals surface area contributed by atoms with Crippen molar-refractivity contribution in [3.8, 4) is 5.75 Å². The molecule has 0 fully saturated rings. The molecule has 2 aromatic rings. The first kappa shape index (κ1) is 7.44. The predicted molar refractivity (Wildman–Crippen MR) is 58.3 cm³/mol. The third-order valence-electron chi connectivity index (χ3n) is 2.55. The van der Waals surface area contributed by atoms with Crippen molar-refractivity contribution in [2.45, 2.75) is 0 Å². The van der Waals surface area contributed by atoms with Crippen molar-refractivity contribution >= 4 is 22.5 Å². The molecule has 14 heavy (non-hydrogen) atoms. The standard InChI is InChI=1S/C12H9NO/c14-11-5-4-10-12-8(6-7-13-10)2-1-3-9(11)12/h1-7,13-14H. The van der Waals surface area contributed by atoms with E-state index in [-0.39, 0.29) is 0 Å². The lowest BCUT2D eigenvalue weighted by atomic mass is 10.00. The largest absolute Gasteiger partial charge is 0.507 e. The SMILES string of the molecule is Oc1ccc2c3c(cccc13)C=CN2. The van der Waals surface area contributed by atoms with Crippen LogP contribution in [0.4, 0.5) is 5.69 Å². The van der Waals surface area contributed by atoms with Gasteiger partial charge < -0.3 is 10.4 Å². The molecule has 2 N–H and O–H groups in total. The van der Waals surface area contributed by atoms with Crippen LogP contribution in [0.2, 0.25) is 0 Å². The molecule has 0 radical (unpaired) electrons.